The van der Waals surface area contributed by atoms with Gasteiger partial charge in [-0.15, -0.1) is 0 Å². The molecule has 0 saturated heterocycles. The van der Waals surface area contributed by atoms with E-state index in [1.54, 1.807) is 30.3 Å². The molecule has 1 N–H and O–H groups in total. The standard InChI is InChI=1S/C19H12ClF3N2O3S/c20-13-8-7-12(19(21,22)23)9-14(13)24-17(26)10-25-15-5-1-3-11-4-2-6-16(18(11)15)29(25,27)28/h1-9H,10H2,(H,24,26). The minimum atomic E-state index is -4.61. The topological polar surface area (TPSA) is 66.5 Å². The molecular formula is C19H12ClF3N2O3S. The number of amides is 1. The smallest absolute Gasteiger partial charge is 0.323 e. The van der Waals surface area contributed by atoms with Crippen LogP contribution in [0.1, 0.15) is 5.56 Å². The molecular weight excluding hydrogens is 429 g/mol. The van der Waals surface area contributed by atoms with Gasteiger partial charge in [-0.1, -0.05) is 35.9 Å². The Morgan fingerprint density at radius 3 is 2.45 bits per heavy atom. The van der Waals surface area contributed by atoms with Crippen molar-refractivity contribution in [3.8, 4) is 0 Å². The Balaban J connectivity index is 1.65. The minimum absolute atomic E-state index is 0.0792. The van der Waals surface area contributed by atoms with Gasteiger partial charge in [0.05, 0.1) is 26.9 Å². The summed E-state index contributed by atoms with van der Waals surface area (Å²) in [4.78, 5) is 12.6. The Morgan fingerprint density at radius 2 is 1.76 bits per heavy atom. The van der Waals surface area contributed by atoms with Gasteiger partial charge in [-0.3, -0.25) is 9.10 Å². The average molecular weight is 441 g/mol. The van der Waals surface area contributed by atoms with E-state index in [0.29, 0.717) is 22.5 Å². The molecule has 150 valence electrons. The zero-order valence-electron chi connectivity index (χ0n) is 14.5. The van der Waals surface area contributed by atoms with Gasteiger partial charge < -0.3 is 5.32 Å². The summed E-state index contributed by atoms with van der Waals surface area (Å²) in [6.45, 7) is -0.608. The number of hydrogen-bond acceptors (Lipinski definition) is 3. The highest BCUT2D eigenvalue weighted by Gasteiger charge is 2.37. The monoisotopic (exact) mass is 440 g/mol. The van der Waals surface area contributed by atoms with Gasteiger partial charge in [0.25, 0.3) is 10.0 Å². The van der Waals surface area contributed by atoms with Gasteiger partial charge in [0.15, 0.2) is 0 Å². The maximum atomic E-state index is 12.9. The summed E-state index contributed by atoms with van der Waals surface area (Å²) in [6.07, 6.45) is -4.61. The van der Waals surface area contributed by atoms with Crippen LogP contribution in [-0.2, 0) is 21.0 Å². The Labute approximate surface area is 168 Å². The van der Waals surface area contributed by atoms with Crippen LogP contribution in [0, 0.1) is 0 Å². The van der Waals surface area contributed by atoms with E-state index < -0.39 is 34.2 Å². The van der Waals surface area contributed by atoms with Crippen molar-refractivity contribution in [2.75, 3.05) is 16.2 Å². The van der Waals surface area contributed by atoms with Crippen molar-refractivity contribution in [1.29, 1.82) is 0 Å². The third kappa shape index (κ3) is 3.30. The van der Waals surface area contributed by atoms with Crippen molar-refractivity contribution in [2.45, 2.75) is 11.1 Å². The molecule has 1 amide bonds. The number of halogens is 4. The molecule has 1 aliphatic rings. The number of carbonyl (C=O) groups excluding carboxylic acids is 1. The molecule has 0 aromatic heterocycles. The van der Waals surface area contributed by atoms with Gasteiger partial charge in [0.2, 0.25) is 5.91 Å². The van der Waals surface area contributed by atoms with Crippen molar-refractivity contribution in [3.05, 3.63) is 65.2 Å². The molecule has 0 unspecified atom stereocenters. The predicted molar refractivity (Wildman–Crippen MR) is 104 cm³/mol. The summed E-state index contributed by atoms with van der Waals surface area (Å²) in [5, 5.41) is 3.37. The molecule has 0 spiro atoms. The number of benzene rings is 3. The first kappa shape index (κ1) is 19.5. The second-order valence-electron chi connectivity index (χ2n) is 6.38. The van der Waals surface area contributed by atoms with Crippen molar-refractivity contribution in [3.63, 3.8) is 0 Å². The molecule has 0 fully saturated rings. The summed E-state index contributed by atoms with van der Waals surface area (Å²) < 4.78 is 65.4. The SMILES string of the molecule is O=C(CN1c2cccc3cccc(c23)S1(=O)=O)Nc1cc(C(F)(F)F)ccc1Cl. The summed E-state index contributed by atoms with van der Waals surface area (Å²) in [7, 11) is -3.97. The van der Waals surface area contributed by atoms with Gasteiger partial charge >= 0.3 is 6.18 Å². The zero-order valence-corrected chi connectivity index (χ0v) is 16.1. The number of nitrogens with one attached hydrogen (secondary N) is 1. The van der Waals surface area contributed by atoms with Crippen LogP contribution in [0.4, 0.5) is 24.5 Å². The molecule has 0 atom stereocenters. The fraction of sp³-hybridized carbons (Fsp3) is 0.105. The third-order valence-electron chi connectivity index (χ3n) is 4.54. The molecule has 1 heterocycles. The highest BCUT2D eigenvalue weighted by molar-refractivity contribution is 7.93. The molecule has 1 aliphatic heterocycles. The first-order valence-electron chi connectivity index (χ1n) is 8.30. The Morgan fingerprint density at radius 1 is 1.07 bits per heavy atom. The zero-order chi connectivity index (χ0) is 21.0. The highest BCUT2D eigenvalue weighted by atomic mass is 35.5. The summed E-state index contributed by atoms with van der Waals surface area (Å²) in [6, 6.07) is 12.3. The van der Waals surface area contributed by atoms with Crippen LogP contribution in [0.3, 0.4) is 0 Å². The van der Waals surface area contributed by atoms with Crippen LogP contribution in [0.5, 0.6) is 0 Å². The summed E-state index contributed by atoms with van der Waals surface area (Å²) in [5.74, 6) is -0.820. The predicted octanol–water partition coefficient (Wildman–Crippen LogP) is 4.66. The van der Waals surface area contributed by atoms with E-state index in [9.17, 15) is 26.4 Å². The van der Waals surface area contributed by atoms with E-state index in [2.05, 4.69) is 5.32 Å². The van der Waals surface area contributed by atoms with Crippen LogP contribution in [-0.4, -0.2) is 20.9 Å². The van der Waals surface area contributed by atoms with Crippen LogP contribution in [0.15, 0.2) is 59.5 Å². The number of sulfonamides is 1. The largest absolute Gasteiger partial charge is 0.416 e. The van der Waals surface area contributed by atoms with Gasteiger partial charge in [-0.05, 0) is 35.7 Å². The fourth-order valence-electron chi connectivity index (χ4n) is 3.25. The number of alkyl halides is 3. The number of anilines is 2. The third-order valence-corrected chi connectivity index (χ3v) is 6.67. The van der Waals surface area contributed by atoms with Crippen LogP contribution >= 0.6 is 11.6 Å². The molecule has 0 bridgehead atoms. The molecule has 5 nitrogen and oxygen atoms in total. The van der Waals surface area contributed by atoms with Crippen LogP contribution in [0.2, 0.25) is 5.02 Å². The number of rotatable bonds is 3. The van der Waals surface area contributed by atoms with Crippen molar-refractivity contribution < 1.29 is 26.4 Å². The van der Waals surface area contributed by atoms with E-state index in [0.717, 1.165) is 16.4 Å². The molecule has 4 rings (SSSR count). The lowest BCUT2D eigenvalue weighted by Gasteiger charge is -2.19. The Bertz CT molecular complexity index is 1250. The van der Waals surface area contributed by atoms with E-state index >= 15 is 0 Å². The number of carbonyl (C=O) groups is 1. The highest BCUT2D eigenvalue weighted by Crippen LogP contribution is 2.42. The Kier molecular flexibility index (Phi) is 4.47. The van der Waals surface area contributed by atoms with Gasteiger partial charge in [0, 0.05) is 5.39 Å². The van der Waals surface area contributed by atoms with Gasteiger partial charge in [-0.25, -0.2) is 8.42 Å². The van der Waals surface area contributed by atoms with E-state index in [-0.39, 0.29) is 15.6 Å². The molecule has 0 aliphatic carbocycles. The maximum absolute atomic E-state index is 12.9. The maximum Gasteiger partial charge on any atom is 0.416 e. The molecule has 29 heavy (non-hydrogen) atoms. The molecule has 0 saturated carbocycles. The average Bonchev–Trinajstić information content (AvgIpc) is 2.86. The molecule has 0 radical (unpaired) electrons. The number of nitrogens with zero attached hydrogens (tertiary/aromatic N) is 1. The van der Waals surface area contributed by atoms with Crippen molar-refractivity contribution in [1.82, 2.24) is 0 Å². The first-order valence-corrected chi connectivity index (χ1v) is 10.1. The lowest BCUT2D eigenvalue weighted by molar-refractivity contribution is -0.137. The molecule has 3 aromatic rings. The van der Waals surface area contributed by atoms with E-state index in [4.69, 9.17) is 11.6 Å². The van der Waals surface area contributed by atoms with E-state index in [1.165, 1.54) is 6.07 Å². The molecule has 3 aromatic carbocycles. The number of hydrogen-bond donors (Lipinski definition) is 1. The first-order chi connectivity index (χ1) is 13.6. The van der Waals surface area contributed by atoms with Crippen LogP contribution in [0.25, 0.3) is 10.8 Å². The lowest BCUT2D eigenvalue weighted by atomic mass is 10.1. The van der Waals surface area contributed by atoms with Gasteiger partial charge in [-0.2, -0.15) is 13.2 Å². The van der Waals surface area contributed by atoms with Crippen molar-refractivity contribution >= 4 is 49.7 Å². The summed E-state index contributed by atoms with van der Waals surface area (Å²) in [5.41, 5.74) is -0.898. The van der Waals surface area contributed by atoms with E-state index in [1.807, 2.05) is 0 Å². The minimum Gasteiger partial charge on any atom is -0.323 e. The second-order valence-corrected chi connectivity index (χ2v) is 8.62. The lowest BCUT2D eigenvalue weighted by Crippen LogP contribution is -2.35. The Hall–Kier alpha value is -2.78. The normalized spacial score (nSPS) is 15.0. The molecule has 10 heteroatoms. The van der Waals surface area contributed by atoms with Gasteiger partial charge in [0.1, 0.15) is 6.54 Å². The van der Waals surface area contributed by atoms with Crippen LogP contribution < -0.4 is 9.62 Å². The second kappa shape index (κ2) is 6.64. The summed E-state index contributed by atoms with van der Waals surface area (Å²) >= 11 is 5.89. The van der Waals surface area contributed by atoms with Crippen molar-refractivity contribution in [2.24, 2.45) is 0 Å². The quantitative estimate of drug-likeness (QED) is 0.644. The fourth-order valence-corrected chi connectivity index (χ4v) is 5.08.